The molecule has 0 heterocycles. The summed E-state index contributed by atoms with van der Waals surface area (Å²) in [6.45, 7) is 5.61. The molecule has 0 bridgehead atoms. The van der Waals surface area contributed by atoms with E-state index in [-0.39, 0.29) is 12.4 Å². The molecule has 11 heavy (non-hydrogen) atoms. The van der Waals surface area contributed by atoms with Crippen molar-refractivity contribution in [1.29, 1.82) is 0 Å². The molecule has 0 amide bonds. The van der Waals surface area contributed by atoms with Gasteiger partial charge in [0.1, 0.15) is 12.2 Å². The number of Topliss-reactive ketones (excluding diaryl/α,β-unsaturated/α-hetero) is 1. The fourth-order valence-corrected chi connectivity index (χ4v) is 0.547. The molecular formula is C8H16O3. The molecular weight excluding hydrogens is 144 g/mol. The number of hydrogen-bond donors (Lipinski definition) is 1. The molecule has 3 nitrogen and oxygen atoms in total. The third-order valence-electron chi connectivity index (χ3n) is 1.73. The Hall–Kier alpha value is -0.410. The van der Waals surface area contributed by atoms with Crippen LogP contribution in [0.3, 0.4) is 0 Å². The van der Waals surface area contributed by atoms with Crippen LogP contribution in [-0.4, -0.2) is 29.7 Å². The Morgan fingerprint density at radius 1 is 1.55 bits per heavy atom. The number of rotatable bonds is 5. The van der Waals surface area contributed by atoms with E-state index < -0.39 is 5.60 Å². The molecule has 0 aliphatic rings. The van der Waals surface area contributed by atoms with E-state index in [1.807, 2.05) is 6.92 Å². The van der Waals surface area contributed by atoms with Crippen molar-refractivity contribution in [1.82, 2.24) is 0 Å². The highest BCUT2D eigenvalue weighted by Gasteiger charge is 2.27. The lowest BCUT2D eigenvalue weighted by molar-refractivity contribution is -0.140. The second-order valence-electron chi connectivity index (χ2n) is 2.69. The van der Waals surface area contributed by atoms with Crippen LogP contribution in [0.1, 0.15) is 27.2 Å². The van der Waals surface area contributed by atoms with Gasteiger partial charge in [0.2, 0.25) is 0 Å². The zero-order valence-electron chi connectivity index (χ0n) is 7.39. The predicted octanol–water partition coefficient (Wildman–Crippen LogP) is 0.753. The van der Waals surface area contributed by atoms with Gasteiger partial charge in [0.05, 0.1) is 0 Å². The third-order valence-corrected chi connectivity index (χ3v) is 1.73. The van der Waals surface area contributed by atoms with E-state index in [0.29, 0.717) is 13.0 Å². The Morgan fingerprint density at radius 2 is 2.09 bits per heavy atom. The van der Waals surface area contributed by atoms with Crippen molar-refractivity contribution in [2.75, 3.05) is 13.2 Å². The van der Waals surface area contributed by atoms with Gasteiger partial charge in [0, 0.05) is 6.61 Å². The minimum atomic E-state index is -1.21. The minimum Gasteiger partial charge on any atom is -0.382 e. The summed E-state index contributed by atoms with van der Waals surface area (Å²) in [5, 5.41) is 9.39. The summed E-state index contributed by atoms with van der Waals surface area (Å²) in [5.41, 5.74) is -1.21. The molecule has 3 heteroatoms. The average Bonchev–Trinajstić information content (AvgIpc) is 2.00. The summed E-state index contributed by atoms with van der Waals surface area (Å²) in [6, 6.07) is 0. The Morgan fingerprint density at radius 3 is 2.45 bits per heavy atom. The molecule has 0 fully saturated rings. The van der Waals surface area contributed by atoms with E-state index in [2.05, 4.69) is 0 Å². The highest BCUT2D eigenvalue weighted by atomic mass is 16.5. The van der Waals surface area contributed by atoms with E-state index in [0.717, 1.165) is 0 Å². The molecule has 0 saturated carbocycles. The normalized spacial score (nSPS) is 16.0. The quantitative estimate of drug-likeness (QED) is 0.645. The first-order valence-corrected chi connectivity index (χ1v) is 3.88. The highest BCUT2D eigenvalue weighted by Crippen LogP contribution is 2.09. The van der Waals surface area contributed by atoms with Crippen molar-refractivity contribution in [3.8, 4) is 0 Å². The SMILES string of the molecule is CCOCC(=O)C(C)(O)CC. The molecule has 0 radical (unpaired) electrons. The van der Waals surface area contributed by atoms with Gasteiger partial charge in [-0.3, -0.25) is 4.79 Å². The summed E-state index contributed by atoms with van der Waals surface area (Å²) >= 11 is 0. The van der Waals surface area contributed by atoms with Crippen LogP contribution >= 0.6 is 0 Å². The summed E-state index contributed by atoms with van der Waals surface area (Å²) in [5.74, 6) is -0.248. The second-order valence-corrected chi connectivity index (χ2v) is 2.69. The van der Waals surface area contributed by atoms with Crippen molar-refractivity contribution >= 4 is 5.78 Å². The van der Waals surface area contributed by atoms with Crippen LogP contribution in [0.15, 0.2) is 0 Å². The minimum absolute atomic E-state index is 0.0112. The van der Waals surface area contributed by atoms with Crippen LogP contribution in [0.4, 0.5) is 0 Å². The van der Waals surface area contributed by atoms with Gasteiger partial charge in [-0.05, 0) is 20.3 Å². The number of carbonyl (C=O) groups is 1. The molecule has 0 aliphatic carbocycles. The van der Waals surface area contributed by atoms with Crippen LogP contribution in [0, 0.1) is 0 Å². The standard InChI is InChI=1S/C8H16O3/c1-4-8(3,10)7(9)6-11-5-2/h10H,4-6H2,1-3H3. The summed E-state index contributed by atoms with van der Waals surface area (Å²) in [7, 11) is 0. The molecule has 0 aromatic rings. The fraction of sp³-hybridized carbons (Fsp3) is 0.875. The zero-order valence-corrected chi connectivity index (χ0v) is 7.39. The first kappa shape index (κ1) is 10.6. The maximum atomic E-state index is 11.1. The first-order chi connectivity index (χ1) is 5.04. The van der Waals surface area contributed by atoms with Gasteiger partial charge in [-0.15, -0.1) is 0 Å². The van der Waals surface area contributed by atoms with E-state index >= 15 is 0 Å². The van der Waals surface area contributed by atoms with Crippen molar-refractivity contribution in [2.45, 2.75) is 32.8 Å². The van der Waals surface area contributed by atoms with E-state index in [1.165, 1.54) is 6.92 Å². The van der Waals surface area contributed by atoms with E-state index in [4.69, 9.17) is 4.74 Å². The van der Waals surface area contributed by atoms with Crippen LogP contribution in [-0.2, 0) is 9.53 Å². The third kappa shape index (κ3) is 3.49. The lowest BCUT2D eigenvalue weighted by Gasteiger charge is -2.18. The monoisotopic (exact) mass is 160 g/mol. The fourth-order valence-electron chi connectivity index (χ4n) is 0.547. The van der Waals surface area contributed by atoms with E-state index in [9.17, 15) is 9.90 Å². The molecule has 0 aliphatic heterocycles. The molecule has 1 N–H and O–H groups in total. The molecule has 0 spiro atoms. The van der Waals surface area contributed by atoms with Crippen LogP contribution in [0.5, 0.6) is 0 Å². The molecule has 0 aromatic carbocycles. The number of ketones is 1. The average molecular weight is 160 g/mol. The summed E-state index contributed by atoms with van der Waals surface area (Å²) < 4.78 is 4.87. The molecule has 0 saturated heterocycles. The number of hydrogen-bond acceptors (Lipinski definition) is 3. The van der Waals surface area contributed by atoms with Crippen molar-refractivity contribution in [3.63, 3.8) is 0 Å². The predicted molar refractivity (Wildman–Crippen MR) is 42.4 cm³/mol. The van der Waals surface area contributed by atoms with Gasteiger partial charge in [-0.25, -0.2) is 0 Å². The van der Waals surface area contributed by atoms with Crippen molar-refractivity contribution in [2.24, 2.45) is 0 Å². The number of carbonyl (C=O) groups excluding carboxylic acids is 1. The highest BCUT2D eigenvalue weighted by molar-refractivity contribution is 5.87. The molecule has 0 rings (SSSR count). The van der Waals surface area contributed by atoms with Crippen LogP contribution in [0.2, 0.25) is 0 Å². The van der Waals surface area contributed by atoms with Gasteiger partial charge in [-0.2, -0.15) is 0 Å². The molecule has 0 aromatic heterocycles. The summed E-state index contributed by atoms with van der Waals surface area (Å²) in [4.78, 5) is 11.1. The molecule has 1 unspecified atom stereocenters. The van der Waals surface area contributed by atoms with Crippen LogP contribution < -0.4 is 0 Å². The Balaban J connectivity index is 3.82. The summed E-state index contributed by atoms with van der Waals surface area (Å²) in [6.07, 6.45) is 0.429. The van der Waals surface area contributed by atoms with E-state index in [1.54, 1.807) is 6.92 Å². The number of aliphatic hydroxyl groups is 1. The van der Waals surface area contributed by atoms with Gasteiger partial charge < -0.3 is 9.84 Å². The maximum absolute atomic E-state index is 11.1. The smallest absolute Gasteiger partial charge is 0.189 e. The van der Waals surface area contributed by atoms with Gasteiger partial charge in [0.25, 0.3) is 0 Å². The first-order valence-electron chi connectivity index (χ1n) is 3.88. The Bertz CT molecular complexity index is 129. The lowest BCUT2D eigenvalue weighted by Crippen LogP contribution is -2.37. The molecule has 66 valence electrons. The second kappa shape index (κ2) is 4.46. The Labute approximate surface area is 67.4 Å². The van der Waals surface area contributed by atoms with Crippen LogP contribution in [0.25, 0.3) is 0 Å². The maximum Gasteiger partial charge on any atom is 0.189 e. The lowest BCUT2D eigenvalue weighted by atomic mass is 9.99. The zero-order chi connectivity index (χ0) is 8.91. The molecule has 1 atom stereocenters. The van der Waals surface area contributed by atoms with Gasteiger partial charge in [-0.1, -0.05) is 6.92 Å². The van der Waals surface area contributed by atoms with Gasteiger partial charge in [0.15, 0.2) is 5.78 Å². The Kier molecular flexibility index (Phi) is 4.30. The van der Waals surface area contributed by atoms with Gasteiger partial charge >= 0.3 is 0 Å². The topological polar surface area (TPSA) is 46.5 Å². The number of ether oxygens (including phenoxy) is 1. The largest absolute Gasteiger partial charge is 0.382 e. The van der Waals surface area contributed by atoms with Crippen molar-refractivity contribution < 1.29 is 14.6 Å². The van der Waals surface area contributed by atoms with Crippen molar-refractivity contribution in [3.05, 3.63) is 0 Å².